The van der Waals surface area contributed by atoms with Gasteiger partial charge >= 0.3 is 5.97 Å². The van der Waals surface area contributed by atoms with Crippen LogP contribution in [0.1, 0.15) is 24.5 Å². The van der Waals surface area contributed by atoms with Crippen LogP contribution in [0.4, 0.5) is 0 Å². The van der Waals surface area contributed by atoms with E-state index in [9.17, 15) is 9.59 Å². The van der Waals surface area contributed by atoms with E-state index >= 15 is 0 Å². The first kappa shape index (κ1) is 13.4. The van der Waals surface area contributed by atoms with Gasteiger partial charge in [-0.1, -0.05) is 12.1 Å². The van der Waals surface area contributed by atoms with Crippen molar-refractivity contribution >= 4 is 11.9 Å². The summed E-state index contributed by atoms with van der Waals surface area (Å²) in [4.78, 5) is 22.3. The number of aryl methyl sites for hydroxylation is 1. The summed E-state index contributed by atoms with van der Waals surface area (Å²) >= 11 is 0. The van der Waals surface area contributed by atoms with Crippen molar-refractivity contribution < 1.29 is 19.4 Å². The molecule has 1 aliphatic heterocycles. The quantitative estimate of drug-likeness (QED) is 0.854. The number of rotatable bonds is 4. The van der Waals surface area contributed by atoms with Gasteiger partial charge in [-0.05, 0) is 37.0 Å². The molecule has 1 unspecified atom stereocenters. The fourth-order valence-electron chi connectivity index (χ4n) is 2.06. The van der Waals surface area contributed by atoms with Crippen LogP contribution in [0, 0.1) is 0 Å². The van der Waals surface area contributed by atoms with E-state index in [-0.39, 0.29) is 12.3 Å². The number of hydrogen-bond donors (Lipinski definition) is 2. The molecule has 1 aliphatic rings. The molecule has 0 saturated carbocycles. The van der Waals surface area contributed by atoms with Crippen molar-refractivity contribution in [2.45, 2.75) is 32.2 Å². The highest BCUT2D eigenvalue weighted by molar-refractivity contribution is 5.84. The average Bonchev–Trinajstić information content (AvgIpc) is 2.38. The van der Waals surface area contributed by atoms with E-state index in [1.165, 1.54) is 6.92 Å². The Hall–Kier alpha value is -2.04. The highest BCUT2D eigenvalue weighted by atomic mass is 16.5. The van der Waals surface area contributed by atoms with Gasteiger partial charge in [0.15, 0.2) is 0 Å². The SMILES string of the molecule is CC(NC(=O)Cc1ccc2c(c1)CCCO2)C(=O)O. The zero-order valence-electron chi connectivity index (χ0n) is 10.8. The maximum atomic E-state index is 11.7. The highest BCUT2D eigenvalue weighted by Gasteiger charge is 2.15. The number of aliphatic carboxylic acids is 1. The van der Waals surface area contributed by atoms with Crippen LogP contribution < -0.4 is 10.1 Å². The predicted molar refractivity (Wildman–Crippen MR) is 69.2 cm³/mol. The third kappa shape index (κ3) is 3.47. The lowest BCUT2D eigenvalue weighted by atomic mass is 10.0. The minimum atomic E-state index is -1.04. The Kier molecular flexibility index (Phi) is 4.04. The largest absolute Gasteiger partial charge is 0.493 e. The Morgan fingerprint density at radius 2 is 2.26 bits per heavy atom. The molecule has 2 N–H and O–H groups in total. The van der Waals surface area contributed by atoms with Gasteiger partial charge in [-0.2, -0.15) is 0 Å². The fraction of sp³-hybridized carbons (Fsp3) is 0.429. The van der Waals surface area contributed by atoms with Crippen LogP contribution in [0.25, 0.3) is 0 Å². The molecule has 1 heterocycles. The molecule has 0 aromatic heterocycles. The van der Waals surface area contributed by atoms with Gasteiger partial charge in [-0.25, -0.2) is 0 Å². The zero-order valence-corrected chi connectivity index (χ0v) is 10.8. The number of hydrogen-bond acceptors (Lipinski definition) is 3. The molecule has 19 heavy (non-hydrogen) atoms. The number of ether oxygens (including phenoxy) is 1. The number of carboxylic acids is 1. The van der Waals surface area contributed by atoms with Gasteiger partial charge in [0.1, 0.15) is 11.8 Å². The van der Waals surface area contributed by atoms with Crippen LogP contribution >= 0.6 is 0 Å². The van der Waals surface area contributed by atoms with E-state index in [2.05, 4.69) is 5.32 Å². The number of benzene rings is 1. The van der Waals surface area contributed by atoms with Crippen molar-refractivity contribution in [2.24, 2.45) is 0 Å². The maximum Gasteiger partial charge on any atom is 0.325 e. The second kappa shape index (κ2) is 5.73. The Balaban J connectivity index is 1.99. The minimum absolute atomic E-state index is 0.185. The van der Waals surface area contributed by atoms with E-state index < -0.39 is 12.0 Å². The first-order valence-electron chi connectivity index (χ1n) is 6.33. The van der Waals surface area contributed by atoms with E-state index in [1.807, 2.05) is 18.2 Å². The van der Waals surface area contributed by atoms with Crippen molar-refractivity contribution in [3.8, 4) is 5.75 Å². The number of amides is 1. The summed E-state index contributed by atoms with van der Waals surface area (Å²) in [6, 6.07) is 4.81. The van der Waals surface area contributed by atoms with Gasteiger partial charge in [0, 0.05) is 0 Å². The van der Waals surface area contributed by atoms with Gasteiger partial charge in [0.05, 0.1) is 13.0 Å². The van der Waals surface area contributed by atoms with Crippen molar-refractivity contribution in [1.29, 1.82) is 0 Å². The summed E-state index contributed by atoms with van der Waals surface area (Å²) in [5.74, 6) is -0.437. The normalized spacial score (nSPS) is 15.0. The first-order chi connectivity index (χ1) is 9.06. The molecule has 2 rings (SSSR count). The van der Waals surface area contributed by atoms with Crippen LogP contribution in [-0.4, -0.2) is 29.6 Å². The van der Waals surface area contributed by atoms with E-state index in [4.69, 9.17) is 9.84 Å². The molecular formula is C14H17NO4. The highest BCUT2D eigenvalue weighted by Crippen LogP contribution is 2.25. The summed E-state index contributed by atoms with van der Waals surface area (Å²) in [6.45, 7) is 2.18. The molecule has 5 heteroatoms. The van der Waals surface area contributed by atoms with Crippen LogP contribution in [-0.2, 0) is 22.4 Å². The molecule has 0 aliphatic carbocycles. The number of carbonyl (C=O) groups excluding carboxylic acids is 1. The molecule has 1 aromatic rings. The summed E-state index contributed by atoms with van der Waals surface area (Å²) in [5.41, 5.74) is 1.99. The van der Waals surface area contributed by atoms with Crippen molar-refractivity contribution in [1.82, 2.24) is 5.32 Å². The monoisotopic (exact) mass is 263 g/mol. The topological polar surface area (TPSA) is 75.6 Å². The second-order valence-electron chi connectivity index (χ2n) is 4.70. The third-order valence-corrected chi connectivity index (χ3v) is 3.09. The third-order valence-electron chi connectivity index (χ3n) is 3.09. The summed E-state index contributed by atoms with van der Waals surface area (Å²) in [5, 5.41) is 11.2. The van der Waals surface area contributed by atoms with Crippen LogP contribution in [0.5, 0.6) is 5.75 Å². The van der Waals surface area contributed by atoms with Gasteiger partial charge in [-0.15, -0.1) is 0 Å². The predicted octanol–water partition coefficient (Wildman–Crippen LogP) is 1.14. The van der Waals surface area contributed by atoms with E-state index in [1.54, 1.807) is 0 Å². The van der Waals surface area contributed by atoms with E-state index in [0.29, 0.717) is 0 Å². The molecular weight excluding hydrogens is 246 g/mol. The number of fused-ring (bicyclic) bond motifs is 1. The van der Waals surface area contributed by atoms with Crippen molar-refractivity contribution in [3.63, 3.8) is 0 Å². The maximum absolute atomic E-state index is 11.7. The number of nitrogens with one attached hydrogen (secondary N) is 1. The molecule has 102 valence electrons. The summed E-state index contributed by atoms with van der Waals surface area (Å²) in [6.07, 6.45) is 2.12. The number of carboxylic acid groups (broad SMARTS) is 1. The lowest BCUT2D eigenvalue weighted by Gasteiger charge is -2.18. The molecule has 5 nitrogen and oxygen atoms in total. The zero-order chi connectivity index (χ0) is 13.8. The van der Waals surface area contributed by atoms with E-state index in [0.717, 1.165) is 36.3 Å². The van der Waals surface area contributed by atoms with Crippen LogP contribution in [0.2, 0.25) is 0 Å². The molecule has 1 aromatic carbocycles. The van der Waals surface area contributed by atoms with Crippen LogP contribution in [0.3, 0.4) is 0 Å². The minimum Gasteiger partial charge on any atom is -0.493 e. The molecule has 1 amide bonds. The summed E-state index contributed by atoms with van der Waals surface area (Å²) in [7, 11) is 0. The summed E-state index contributed by atoms with van der Waals surface area (Å²) < 4.78 is 5.50. The Bertz CT molecular complexity index is 498. The van der Waals surface area contributed by atoms with Gasteiger partial charge < -0.3 is 15.2 Å². The Morgan fingerprint density at radius 3 is 3.00 bits per heavy atom. The second-order valence-corrected chi connectivity index (χ2v) is 4.70. The van der Waals surface area contributed by atoms with Crippen molar-refractivity contribution in [2.75, 3.05) is 6.61 Å². The Labute approximate surface area is 111 Å². The molecule has 0 fully saturated rings. The lowest BCUT2D eigenvalue weighted by Crippen LogP contribution is -2.39. The average molecular weight is 263 g/mol. The number of carbonyl (C=O) groups is 2. The van der Waals surface area contributed by atoms with Gasteiger partial charge in [0.25, 0.3) is 0 Å². The lowest BCUT2D eigenvalue weighted by molar-refractivity contribution is -0.141. The molecule has 1 atom stereocenters. The molecule has 0 spiro atoms. The first-order valence-corrected chi connectivity index (χ1v) is 6.33. The van der Waals surface area contributed by atoms with Crippen molar-refractivity contribution in [3.05, 3.63) is 29.3 Å². The van der Waals surface area contributed by atoms with Crippen LogP contribution in [0.15, 0.2) is 18.2 Å². The molecule has 0 radical (unpaired) electrons. The smallest absolute Gasteiger partial charge is 0.325 e. The van der Waals surface area contributed by atoms with Gasteiger partial charge in [-0.3, -0.25) is 9.59 Å². The Morgan fingerprint density at radius 1 is 1.47 bits per heavy atom. The standard InChI is InChI=1S/C14H17NO4/c1-9(14(17)18)15-13(16)8-10-4-5-12-11(7-10)3-2-6-19-12/h4-5,7,9H,2-3,6,8H2,1H3,(H,15,16)(H,17,18). The fourth-order valence-corrected chi connectivity index (χ4v) is 2.06. The van der Waals surface area contributed by atoms with Gasteiger partial charge in [0.2, 0.25) is 5.91 Å². The molecule has 0 bridgehead atoms. The molecule has 0 saturated heterocycles.